The molecule has 0 spiro atoms. The van der Waals surface area contributed by atoms with Gasteiger partial charge >= 0.3 is 0 Å². The fourth-order valence-electron chi connectivity index (χ4n) is 9.78. The van der Waals surface area contributed by atoms with Gasteiger partial charge in [0, 0.05) is 53.2 Å². The topological polar surface area (TPSA) is 192 Å². The summed E-state index contributed by atoms with van der Waals surface area (Å²) >= 11 is 1.59. The van der Waals surface area contributed by atoms with E-state index in [4.69, 9.17) is 9.26 Å². The average Bonchev–Trinajstić information content (AvgIpc) is 4.01. The Morgan fingerprint density at radius 2 is 1.83 bits per heavy atom. The molecule has 2 aromatic carbocycles. The summed E-state index contributed by atoms with van der Waals surface area (Å²) in [5.74, 6) is -0.683. The number of thiazole rings is 1. The van der Waals surface area contributed by atoms with Gasteiger partial charge in [0.1, 0.15) is 24.3 Å². The number of fused-ring (bicyclic) bond motifs is 1. The van der Waals surface area contributed by atoms with E-state index >= 15 is 0 Å². The van der Waals surface area contributed by atoms with Crippen LogP contribution in [0.3, 0.4) is 0 Å². The van der Waals surface area contributed by atoms with Gasteiger partial charge in [-0.2, -0.15) is 0 Å². The zero-order chi connectivity index (χ0) is 41.9. The van der Waals surface area contributed by atoms with Gasteiger partial charge in [-0.15, -0.1) is 21.5 Å². The van der Waals surface area contributed by atoms with Crippen LogP contribution < -0.4 is 15.4 Å². The number of aryl methyl sites for hydroxylation is 2. The van der Waals surface area contributed by atoms with Crippen LogP contribution in [0.4, 0.5) is 0 Å². The van der Waals surface area contributed by atoms with Crippen LogP contribution in [0.25, 0.3) is 32.7 Å². The van der Waals surface area contributed by atoms with E-state index in [1.807, 2.05) is 75.7 Å². The second-order valence-electron chi connectivity index (χ2n) is 17.3. The predicted molar refractivity (Wildman–Crippen MR) is 227 cm³/mol. The molecule has 1 aliphatic heterocycles. The van der Waals surface area contributed by atoms with Gasteiger partial charge in [-0.25, -0.2) is 4.98 Å². The number of ether oxygens (including phenoxy) is 1. The lowest BCUT2D eigenvalue weighted by atomic mass is 9.38. The minimum absolute atomic E-state index is 0.0523. The van der Waals surface area contributed by atoms with Crippen molar-refractivity contribution in [3.63, 3.8) is 0 Å². The Labute approximate surface area is 351 Å². The van der Waals surface area contributed by atoms with E-state index in [1.165, 1.54) is 16.2 Å². The van der Waals surface area contributed by atoms with Crippen LogP contribution in [0.5, 0.6) is 11.6 Å². The number of aliphatic hydroxyl groups is 1. The molecule has 5 N–H and O–H groups in total. The first-order valence-corrected chi connectivity index (χ1v) is 21.5. The number of hydrogen-bond donors (Lipinski definition) is 5. The number of benzene rings is 2. The van der Waals surface area contributed by atoms with Gasteiger partial charge < -0.3 is 40.0 Å². The van der Waals surface area contributed by atoms with Crippen LogP contribution in [0.2, 0.25) is 0 Å². The van der Waals surface area contributed by atoms with E-state index in [2.05, 4.69) is 42.9 Å². The third kappa shape index (κ3) is 7.11. The van der Waals surface area contributed by atoms with Gasteiger partial charge in [0.15, 0.2) is 11.4 Å². The Hall–Kier alpha value is -5.64. The molecule has 14 nitrogen and oxygen atoms in total. The number of aromatic amines is 1. The number of rotatable bonds is 14. The molecule has 4 atom stereocenters. The molecule has 3 aliphatic carbocycles. The van der Waals surface area contributed by atoms with E-state index < -0.39 is 18.1 Å². The predicted octanol–water partition coefficient (Wildman–Crippen LogP) is 6.48. The van der Waals surface area contributed by atoms with Gasteiger partial charge in [-0.1, -0.05) is 50.2 Å². The van der Waals surface area contributed by atoms with Crippen LogP contribution in [0.1, 0.15) is 86.7 Å². The van der Waals surface area contributed by atoms with Crippen molar-refractivity contribution in [3.05, 3.63) is 94.4 Å². The Bertz CT molecular complexity index is 2540. The first kappa shape index (κ1) is 39.8. The molecule has 60 heavy (non-hydrogen) atoms. The molecule has 15 heteroatoms. The van der Waals surface area contributed by atoms with E-state index in [0.717, 1.165) is 52.0 Å². The third-order valence-electron chi connectivity index (χ3n) is 12.8. The molecule has 2 amide bonds. The maximum absolute atomic E-state index is 14.2. The number of amides is 2. The number of aromatic nitrogens is 5. The van der Waals surface area contributed by atoms with Crippen molar-refractivity contribution in [3.8, 4) is 33.3 Å². The number of hydrogen-bond acceptors (Lipinski definition) is 12. The van der Waals surface area contributed by atoms with E-state index in [-0.39, 0.29) is 53.4 Å². The van der Waals surface area contributed by atoms with Crippen molar-refractivity contribution in [1.29, 1.82) is 0 Å². The lowest BCUT2D eigenvalue weighted by Crippen LogP contribution is -2.76. The summed E-state index contributed by atoms with van der Waals surface area (Å²) in [6.07, 6.45) is 2.34. The zero-order valence-electron chi connectivity index (χ0n) is 34.4. The standard InChI is InChI=1S/C45H50N8O6S/c1-24(2)38(43(57)53-19-30(54)16-34(53)42(56)48-26(4)28-10-12-29(13-11-28)39-27(5)46-23-60-39)36-18-37(52-59-36)58-15-14-47-45-20-44(21-45,22-45)40-25(3)32-17-33(50-51-41(32)49-40)31-8-6-7-9-35(31)55/h6-13,17-18,23-24,26,30,34,38,47,54-55H,14-16,19-22H2,1-5H3,(H,48,56)(H,49,51)/t26-,30+,34-,38+,44?,45?/m0/s1. The number of phenols is 1. The number of carbonyl (C=O) groups is 2. The normalized spacial score (nSPS) is 23.0. The quantitative estimate of drug-likeness (QED) is 0.0756. The SMILES string of the molecule is Cc1ncsc1-c1ccc([C@H](C)NC(=O)[C@@H]2C[C@@H](O)CN2C(=O)[C@@H](c2cc(OCCNC34CC(c5[nH]c6nnc(-c7ccccc7O)cc6c5C)(C3)C4)no2)C(C)C)cc1. The van der Waals surface area contributed by atoms with Gasteiger partial charge in [0.25, 0.3) is 5.88 Å². The lowest BCUT2D eigenvalue weighted by Gasteiger charge is -2.71. The maximum Gasteiger partial charge on any atom is 0.254 e. The molecule has 5 heterocycles. The highest BCUT2D eigenvalue weighted by atomic mass is 32.1. The van der Waals surface area contributed by atoms with E-state index in [0.29, 0.717) is 36.0 Å². The number of β-amino-alcohol motifs (C(OH)–C–C–N with tert-alkyl or cyclic N) is 1. The number of H-pyrrole nitrogens is 1. The summed E-state index contributed by atoms with van der Waals surface area (Å²) in [4.78, 5) is 38.3. The summed E-state index contributed by atoms with van der Waals surface area (Å²) in [5.41, 5.74) is 9.37. The molecular formula is C45H50N8O6S. The number of nitrogens with zero attached hydrogens (tertiary/aromatic N) is 5. The van der Waals surface area contributed by atoms with Crippen LogP contribution in [0, 0.1) is 19.8 Å². The molecule has 2 bridgehead atoms. The molecule has 3 saturated carbocycles. The summed E-state index contributed by atoms with van der Waals surface area (Å²) in [7, 11) is 0. The zero-order valence-corrected chi connectivity index (χ0v) is 35.2. The monoisotopic (exact) mass is 830 g/mol. The molecular weight excluding hydrogens is 781 g/mol. The molecule has 4 aromatic heterocycles. The maximum atomic E-state index is 14.2. The number of aromatic hydroxyl groups is 1. The van der Waals surface area contributed by atoms with Crippen LogP contribution in [0.15, 0.2) is 70.7 Å². The largest absolute Gasteiger partial charge is 0.507 e. The van der Waals surface area contributed by atoms with Gasteiger partial charge in [0.2, 0.25) is 11.8 Å². The Morgan fingerprint density at radius 1 is 1.07 bits per heavy atom. The highest BCUT2D eigenvalue weighted by Gasteiger charge is 2.69. The Kier molecular flexibility index (Phi) is 10.2. The summed E-state index contributed by atoms with van der Waals surface area (Å²) in [5, 5.41) is 41.8. The number of likely N-dealkylation sites (tertiary alicyclic amines) is 1. The molecule has 6 aromatic rings. The summed E-state index contributed by atoms with van der Waals surface area (Å²) < 4.78 is 11.7. The average molecular weight is 831 g/mol. The van der Waals surface area contributed by atoms with Crippen molar-refractivity contribution in [2.45, 2.75) is 95.4 Å². The number of para-hydroxylation sites is 1. The van der Waals surface area contributed by atoms with E-state index in [9.17, 15) is 19.8 Å². The summed E-state index contributed by atoms with van der Waals surface area (Å²) in [6, 6.07) is 17.7. The Morgan fingerprint density at radius 3 is 2.55 bits per heavy atom. The highest BCUT2D eigenvalue weighted by molar-refractivity contribution is 7.13. The van der Waals surface area contributed by atoms with Crippen molar-refractivity contribution in [2.24, 2.45) is 5.92 Å². The fourth-order valence-corrected chi connectivity index (χ4v) is 10.6. The molecule has 0 radical (unpaired) electrons. The van der Waals surface area contributed by atoms with Crippen LogP contribution in [-0.4, -0.2) is 89.6 Å². The molecule has 4 aliphatic rings. The minimum Gasteiger partial charge on any atom is -0.507 e. The lowest BCUT2D eigenvalue weighted by molar-refractivity contribution is -0.141. The fraction of sp³-hybridized carbons (Fsp3) is 0.422. The number of nitrogens with one attached hydrogen (secondary N) is 3. The van der Waals surface area contributed by atoms with Crippen molar-refractivity contribution < 1.29 is 29.1 Å². The second-order valence-corrected chi connectivity index (χ2v) is 18.2. The third-order valence-corrected chi connectivity index (χ3v) is 13.8. The number of aliphatic hydroxyl groups excluding tert-OH is 1. The van der Waals surface area contributed by atoms with Crippen LogP contribution >= 0.6 is 11.3 Å². The van der Waals surface area contributed by atoms with Crippen molar-refractivity contribution in [2.75, 3.05) is 19.7 Å². The first-order chi connectivity index (χ1) is 28.8. The number of carbonyl (C=O) groups excluding carboxylic acids is 2. The summed E-state index contributed by atoms with van der Waals surface area (Å²) in [6.45, 7) is 10.9. The first-order valence-electron chi connectivity index (χ1n) is 20.6. The molecule has 312 valence electrons. The molecule has 10 rings (SSSR count). The van der Waals surface area contributed by atoms with Gasteiger partial charge in [-0.3, -0.25) is 9.59 Å². The van der Waals surface area contributed by atoms with Crippen molar-refractivity contribution >= 4 is 34.2 Å². The highest BCUT2D eigenvalue weighted by Crippen LogP contribution is 2.68. The molecule has 4 fully saturated rings. The second kappa shape index (κ2) is 15.4. The molecule has 1 saturated heterocycles. The minimum atomic E-state index is -0.826. The smallest absolute Gasteiger partial charge is 0.254 e. The van der Waals surface area contributed by atoms with Gasteiger partial charge in [-0.05, 0) is 86.0 Å². The van der Waals surface area contributed by atoms with Gasteiger partial charge in [0.05, 0.1) is 33.9 Å². The number of phenolic OH excluding ortho intramolecular Hbond substituents is 1. The Balaban J connectivity index is 0.778. The van der Waals surface area contributed by atoms with Crippen molar-refractivity contribution in [1.82, 2.24) is 40.9 Å². The molecule has 0 unspecified atom stereocenters. The van der Waals surface area contributed by atoms with Crippen LogP contribution in [-0.2, 0) is 15.0 Å². The van der Waals surface area contributed by atoms with E-state index in [1.54, 1.807) is 29.5 Å².